The molecule has 2 amide bonds. The summed E-state index contributed by atoms with van der Waals surface area (Å²) in [6.45, 7) is 8.17. The van der Waals surface area contributed by atoms with Gasteiger partial charge in [0.15, 0.2) is 0 Å². The second-order valence-electron chi connectivity index (χ2n) is 9.27. The molecule has 0 fully saturated rings. The maximum absolute atomic E-state index is 13.4. The van der Waals surface area contributed by atoms with Crippen molar-refractivity contribution >= 4 is 50.7 Å². The Hall–Kier alpha value is -2.29. The van der Waals surface area contributed by atoms with E-state index in [-0.39, 0.29) is 37.7 Å². The highest BCUT2D eigenvalue weighted by atomic mass is 35.5. The van der Waals surface area contributed by atoms with Gasteiger partial charge in [0, 0.05) is 41.7 Å². The normalized spacial score (nSPS) is 12.2. The number of amides is 2. The van der Waals surface area contributed by atoms with Crippen molar-refractivity contribution in [2.75, 3.05) is 23.7 Å². The first-order valence-corrected chi connectivity index (χ1v) is 15.0. The number of hydrogen-bond acceptors (Lipinski definition) is 4. The van der Waals surface area contributed by atoms with Gasteiger partial charge in [0.25, 0.3) is 0 Å². The first-order chi connectivity index (χ1) is 17.4. The van der Waals surface area contributed by atoms with E-state index >= 15 is 0 Å². The van der Waals surface area contributed by atoms with E-state index in [4.69, 9.17) is 23.2 Å². The fourth-order valence-corrected chi connectivity index (χ4v) is 5.47. The van der Waals surface area contributed by atoms with Gasteiger partial charge in [-0.3, -0.25) is 13.9 Å². The van der Waals surface area contributed by atoms with E-state index in [2.05, 4.69) is 5.32 Å². The lowest BCUT2D eigenvalue weighted by Crippen LogP contribution is -2.48. The molecule has 0 bridgehead atoms. The fourth-order valence-electron chi connectivity index (χ4n) is 3.94. The summed E-state index contributed by atoms with van der Waals surface area (Å²) >= 11 is 12.7. The van der Waals surface area contributed by atoms with Gasteiger partial charge >= 0.3 is 0 Å². The first kappa shape index (κ1) is 30.9. The van der Waals surface area contributed by atoms with E-state index in [1.807, 2.05) is 39.0 Å². The summed E-state index contributed by atoms with van der Waals surface area (Å²) in [6, 6.07) is 9.95. The van der Waals surface area contributed by atoms with Crippen LogP contribution in [0.2, 0.25) is 10.0 Å². The van der Waals surface area contributed by atoms with Crippen LogP contribution in [0.4, 0.5) is 5.69 Å². The number of nitrogens with zero attached hydrogens (tertiary/aromatic N) is 2. The van der Waals surface area contributed by atoms with Crippen molar-refractivity contribution < 1.29 is 18.0 Å². The van der Waals surface area contributed by atoms with Crippen LogP contribution in [0.5, 0.6) is 0 Å². The summed E-state index contributed by atoms with van der Waals surface area (Å²) in [5.41, 5.74) is 2.92. The van der Waals surface area contributed by atoms with Crippen LogP contribution >= 0.6 is 23.2 Å². The Morgan fingerprint density at radius 1 is 1.05 bits per heavy atom. The van der Waals surface area contributed by atoms with E-state index in [0.717, 1.165) is 30.2 Å². The second-order valence-corrected chi connectivity index (χ2v) is 12.0. The van der Waals surface area contributed by atoms with Crippen LogP contribution in [0.25, 0.3) is 0 Å². The van der Waals surface area contributed by atoms with Gasteiger partial charge < -0.3 is 10.2 Å². The molecule has 0 aromatic heterocycles. The number of nitrogens with one attached hydrogen (secondary N) is 1. The number of halogens is 2. The summed E-state index contributed by atoms with van der Waals surface area (Å²) in [5, 5.41) is 3.68. The number of benzene rings is 2. The number of sulfonamides is 1. The zero-order valence-electron chi connectivity index (χ0n) is 22.2. The monoisotopic (exact) mass is 569 g/mol. The molecule has 2 aromatic rings. The molecule has 0 spiro atoms. The van der Waals surface area contributed by atoms with Crippen LogP contribution in [0, 0.1) is 13.8 Å². The minimum atomic E-state index is -3.57. The Labute approximate surface area is 231 Å². The van der Waals surface area contributed by atoms with Crippen molar-refractivity contribution in [2.45, 2.75) is 66.0 Å². The van der Waals surface area contributed by atoms with E-state index in [0.29, 0.717) is 27.8 Å². The highest BCUT2D eigenvalue weighted by Crippen LogP contribution is 2.28. The van der Waals surface area contributed by atoms with Gasteiger partial charge in [-0.25, -0.2) is 8.42 Å². The van der Waals surface area contributed by atoms with Crippen LogP contribution in [-0.2, 0) is 26.2 Å². The molecule has 1 atom stereocenters. The summed E-state index contributed by atoms with van der Waals surface area (Å²) < 4.78 is 26.5. The molecule has 2 rings (SSSR count). The molecule has 0 unspecified atom stereocenters. The fraction of sp³-hybridized carbons (Fsp3) is 0.481. The zero-order valence-corrected chi connectivity index (χ0v) is 24.5. The molecule has 0 radical (unpaired) electrons. The van der Waals surface area contributed by atoms with Crippen LogP contribution in [0.3, 0.4) is 0 Å². The van der Waals surface area contributed by atoms with Gasteiger partial charge in [-0.15, -0.1) is 0 Å². The van der Waals surface area contributed by atoms with Crippen molar-refractivity contribution in [1.82, 2.24) is 10.2 Å². The minimum absolute atomic E-state index is 0.0472. The van der Waals surface area contributed by atoms with Gasteiger partial charge in [0.2, 0.25) is 21.8 Å². The smallest absolute Gasteiger partial charge is 0.242 e. The molecule has 1 N–H and O–H groups in total. The van der Waals surface area contributed by atoms with Crippen molar-refractivity contribution in [3.63, 3.8) is 0 Å². The molecule has 0 heterocycles. The molecule has 204 valence electrons. The number of unbranched alkanes of at least 4 members (excludes halogenated alkanes) is 1. The predicted octanol–water partition coefficient (Wildman–Crippen LogP) is 5.49. The standard InChI is InChI=1S/C27H37Cl2N3O4S/c1-6-7-15-30-27(34)21(4)31(18-22-23(28)10-8-11-24(22)29)26(33)12-9-16-32(37(5,35)36)25-17-19(2)13-14-20(25)3/h8,10-11,13-14,17,21H,6-7,9,12,15-16,18H2,1-5H3,(H,30,34)/t21-/m1/s1. The molecule has 0 aliphatic carbocycles. The molecule has 7 nitrogen and oxygen atoms in total. The lowest BCUT2D eigenvalue weighted by Gasteiger charge is -2.30. The van der Waals surface area contributed by atoms with Gasteiger partial charge in [0.1, 0.15) is 6.04 Å². The molecule has 37 heavy (non-hydrogen) atoms. The maximum atomic E-state index is 13.4. The van der Waals surface area contributed by atoms with Crippen molar-refractivity contribution in [3.05, 3.63) is 63.1 Å². The van der Waals surface area contributed by atoms with Crippen molar-refractivity contribution in [3.8, 4) is 0 Å². The third-order valence-corrected chi connectivity index (χ3v) is 8.06. The number of anilines is 1. The molecule has 0 aliphatic rings. The Kier molecular flexibility index (Phi) is 11.7. The van der Waals surface area contributed by atoms with Crippen molar-refractivity contribution in [2.24, 2.45) is 0 Å². The third-order valence-electron chi connectivity index (χ3n) is 6.17. The molecular weight excluding hydrogens is 533 g/mol. The number of carbonyl (C=O) groups excluding carboxylic acids is 2. The minimum Gasteiger partial charge on any atom is -0.354 e. The molecule has 2 aromatic carbocycles. The van der Waals surface area contributed by atoms with E-state index < -0.39 is 16.1 Å². The Morgan fingerprint density at radius 2 is 1.70 bits per heavy atom. The number of carbonyl (C=O) groups is 2. The second kappa shape index (κ2) is 14.0. The lowest BCUT2D eigenvalue weighted by atomic mass is 10.1. The van der Waals surface area contributed by atoms with Gasteiger partial charge in [-0.2, -0.15) is 0 Å². The predicted molar refractivity (Wildman–Crippen MR) is 152 cm³/mol. The van der Waals surface area contributed by atoms with Crippen LogP contribution in [0.1, 0.15) is 56.2 Å². The highest BCUT2D eigenvalue weighted by Gasteiger charge is 2.28. The topological polar surface area (TPSA) is 86.8 Å². The Balaban J connectivity index is 2.23. The Bertz CT molecular complexity index is 1180. The average molecular weight is 571 g/mol. The third kappa shape index (κ3) is 8.90. The highest BCUT2D eigenvalue weighted by molar-refractivity contribution is 7.92. The van der Waals surface area contributed by atoms with Crippen LogP contribution in [-0.4, -0.2) is 50.5 Å². The average Bonchev–Trinajstić information content (AvgIpc) is 2.82. The zero-order chi connectivity index (χ0) is 27.8. The van der Waals surface area contributed by atoms with Gasteiger partial charge in [-0.1, -0.05) is 54.7 Å². The number of hydrogen-bond donors (Lipinski definition) is 1. The largest absolute Gasteiger partial charge is 0.354 e. The molecule has 10 heteroatoms. The summed E-state index contributed by atoms with van der Waals surface area (Å²) in [4.78, 5) is 27.7. The van der Waals surface area contributed by atoms with Gasteiger partial charge in [-0.05, 0) is 62.9 Å². The molecule has 0 saturated carbocycles. The van der Waals surface area contributed by atoms with E-state index in [9.17, 15) is 18.0 Å². The van der Waals surface area contributed by atoms with E-state index in [1.165, 1.54) is 9.21 Å². The number of rotatable bonds is 13. The van der Waals surface area contributed by atoms with Crippen LogP contribution < -0.4 is 9.62 Å². The molecule has 0 saturated heterocycles. The van der Waals surface area contributed by atoms with Crippen molar-refractivity contribution in [1.29, 1.82) is 0 Å². The van der Waals surface area contributed by atoms with Gasteiger partial charge in [0.05, 0.1) is 11.9 Å². The SMILES string of the molecule is CCCCNC(=O)[C@@H](C)N(Cc1c(Cl)cccc1Cl)C(=O)CCCN(c1cc(C)ccc1C)S(C)(=O)=O. The van der Waals surface area contributed by atoms with Crippen LogP contribution in [0.15, 0.2) is 36.4 Å². The first-order valence-electron chi connectivity index (χ1n) is 12.4. The maximum Gasteiger partial charge on any atom is 0.242 e. The number of aryl methyl sites for hydroxylation is 2. The van der Waals surface area contributed by atoms with E-state index in [1.54, 1.807) is 25.1 Å². The molecule has 0 aliphatic heterocycles. The molecular formula is C27H37Cl2N3O4S. The summed E-state index contributed by atoms with van der Waals surface area (Å²) in [5.74, 6) is -0.554. The summed E-state index contributed by atoms with van der Waals surface area (Å²) in [6.07, 6.45) is 3.25. The summed E-state index contributed by atoms with van der Waals surface area (Å²) in [7, 11) is -3.57. The lowest BCUT2D eigenvalue weighted by molar-refractivity contribution is -0.140. The quantitative estimate of drug-likeness (QED) is 0.323. The Morgan fingerprint density at radius 3 is 2.30 bits per heavy atom.